The summed E-state index contributed by atoms with van der Waals surface area (Å²) in [5.41, 5.74) is 0. The van der Waals surface area contributed by atoms with E-state index in [1.165, 1.54) is 6.92 Å². The maximum atomic E-state index is 11.7. The van der Waals surface area contributed by atoms with Crippen molar-refractivity contribution < 1.29 is 14.4 Å². The van der Waals surface area contributed by atoms with Crippen LogP contribution in [0.1, 0.15) is 30.6 Å². The molecule has 0 bridgehead atoms. The third-order valence-corrected chi connectivity index (χ3v) is 3.93. The maximum Gasteiger partial charge on any atom is 0.151 e. The summed E-state index contributed by atoms with van der Waals surface area (Å²) in [6, 6.07) is 3.84. The Balaban J connectivity index is 2.19. The van der Waals surface area contributed by atoms with E-state index in [1.807, 2.05) is 17.5 Å². The summed E-state index contributed by atoms with van der Waals surface area (Å²) in [7, 11) is 0. The van der Waals surface area contributed by atoms with Crippen molar-refractivity contribution >= 4 is 28.7 Å². The molecule has 1 fully saturated rings. The first-order valence-electron chi connectivity index (χ1n) is 5.19. The summed E-state index contributed by atoms with van der Waals surface area (Å²) in [4.78, 5) is 35.7. The Bertz CT molecular complexity index is 415. The minimum absolute atomic E-state index is 0.0180. The van der Waals surface area contributed by atoms with E-state index in [9.17, 15) is 14.4 Å². The van der Waals surface area contributed by atoms with Gasteiger partial charge in [-0.25, -0.2) is 0 Å². The Morgan fingerprint density at radius 2 is 1.94 bits per heavy atom. The molecule has 0 aromatic carbocycles. The van der Waals surface area contributed by atoms with Gasteiger partial charge in [-0.1, -0.05) is 6.07 Å². The molecule has 1 aromatic rings. The van der Waals surface area contributed by atoms with Crippen LogP contribution in [0.3, 0.4) is 0 Å². The molecule has 0 spiro atoms. The molecule has 0 amide bonds. The molecule has 0 radical (unpaired) electrons. The third-order valence-electron chi connectivity index (χ3n) is 2.89. The second-order valence-electron chi connectivity index (χ2n) is 4.10. The van der Waals surface area contributed by atoms with Gasteiger partial charge in [0.1, 0.15) is 11.7 Å². The molecule has 1 aliphatic carbocycles. The van der Waals surface area contributed by atoms with Crippen molar-refractivity contribution in [3.05, 3.63) is 22.4 Å². The molecule has 84 valence electrons. The summed E-state index contributed by atoms with van der Waals surface area (Å²) in [5.74, 6) is -1.77. The normalized spacial score (nSPS) is 25.8. The predicted octanol–water partition coefficient (Wildman–Crippen LogP) is 1.97. The van der Waals surface area contributed by atoms with Crippen LogP contribution in [-0.2, 0) is 14.4 Å². The summed E-state index contributed by atoms with van der Waals surface area (Å²) in [6.45, 7) is 1.31. The highest BCUT2D eigenvalue weighted by Crippen LogP contribution is 2.34. The molecule has 0 atom stereocenters. The number of rotatable bonds is 2. The Morgan fingerprint density at radius 1 is 1.31 bits per heavy atom. The van der Waals surface area contributed by atoms with Gasteiger partial charge in [0.2, 0.25) is 0 Å². The zero-order chi connectivity index (χ0) is 11.7. The largest absolute Gasteiger partial charge is 0.299 e. The zero-order valence-electron chi connectivity index (χ0n) is 8.93. The Morgan fingerprint density at radius 3 is 2.38 bits per heavy atom. The van der Waals surface area contributed by atoms with E-state index in [0.717, 1.165) is 4.88 Å². The lowest BCUT2D eigenvalue weighted by atomic mass is 9.78. The molecular formula is C12H12O3S. The second kappa shape index (κ2) is 4.29. The SMILES string of the molecule is CC(=O)C1C(=O)CC(c2cccs2)CC1=O. The number of ketones is 3. The smallest absolute Gasteiger partial charge is 0.151 e. The first-order valence-corrected chi connectivity index (χ1v) is 6.07. The Kier molecular flexibility index (Phi) is 3.01. The van der Waals surface area contributed by atoms with Crippen LogP contribution >= 0.6 is 11.3 Å². The number of thiophene rings is 1. The van der Waals surface area contributed by atoms with Gasteiger partial charge in [0.15, 0.2) is 11.6 Å². The minimum atomic E-state index is -0.990. The molecule has 3 nitrogen and oxygen atoms in total. The second-order valence-corrected chi connectivity index (χ2v) is 5.08. The number of carbonyl (C=O) groups is 3. The van der Waals surface area contributed by atoms with Crippen molar-refractivity contribution in [1.82, 2.24) is 0 Å². The summed E-state index contributed by atoms with van der Waals surface area (Å²) in [6.07, 6.45) is 0.632. The molecular weight excluding hydrogens is 224 g/mol. The van der Waals surface area contributed by atoms with Gasteiger partial charge in [-0.2, -0.15) is 0 Å². The molecule has 0 unspecified atom stereocenters. The van der Waals surface area contributed by atoms with Crippen molar-refractivity contribution in [1.29, 1.82) is 0 Å². The monoisotopic (exact) mass is 236 g/mol. The van der Waals surface area contributed by atoms with Crippen molar-refractivity contribution in [3.8, 4) is 0 Å². The van der Waals surface area contributed by atoms with Crippen molar-refractivity contribution in [2.75, 3.05) is 0 Å². The number of Topliss-reactive ketones (excluding diaryl/α,β-unsaturated/α-hetero) is 3. The van der Waals surface area contributed by atoms with E-state index in [1.54, 1.807) is 11.3 Å². The van der Waals surface area contributed by atoms with Gasteiger partial charge >= 0.3 is 0 Å². The molecule has 2 rings (SSSR count). The Hall–Kier alpha value is -1.29. The average molecular weight is 236 g/mol. The van der Waals surface area contributed by atoms with Crippen LogP contribution in [0.2, 0.25) is 0 Å². The molecule has 0 aliphatic heterocycles. The molecule has 1 aliphatic rings. The van der Waals surface area contributed by atoms with Gasteiger partial charge in [-0.15, -0.1) is 11.3 Å². The third kappa shape index (κ3) is 1.97. The van der Waals surface area contributed by atoms with Gasteiger partial charge in [0, 0.05) is 23.6 Å². The van der Waals surface area contributed by atoms with Crippen LogP contribution in [0.5, 0.6) is 0 Å². The van der Waals surface area contributed by atoms with Crippen LogP contribution < -0.4 is 0 Å². The fraction of sp³-hybridized carbons (Fsp3) is 0.417. The highest BCUT2D eigenvalue weighted by atomic mass is 32.1. The Labute approximate surface area is 97.5 Å². The van der Waals surface area contributed by atoms with Gasteiger partial charge in [-0.05, 0) is 18.4 Å². The van der Waals surface area contributed by atoms with Crippen LogP contribution in [0.25, 0.3) is 0 Å². The molecule has 0 N–H and O–H groups in total. The van der Waals surface area contributed by atoms with E-state index in [-0.39, 0.29) is 23.3 Å². The quantitative estimate of drug-likeness (QED) is 0.738. The number of hydrogen-bond donors (Lipinski definition) is 0. The van der Waals surface area contributed by atoms with E-state index >= 15 is 0 Å². The average Bonchev–Trinajstić information content (AvgIpc) is 2.67. The van der Waals surface area contributed by atoms with Gasteiger partial charge < -0.3 is 0 Å². The van der Waals surface area contributed by atoms with Gasteiger partial charge in [-0.3, -0.25) is 14.4 Å². The maximum absolute atomic E-state index is 11.7. The minimum Gasteiger partial charge on any atom is -0.299 e. The molecule has 1 aromatic heterocycles. The highest BCUT2D eigenvalue weighted by Gasteiger charge is 2.38. The first kappa shape index (κ1) is 11.2. The van der Waals surface area contributed by atoms with Crippen LogP contribution in [0.15, 0.2) is 17.5 Å². The van der Waals surface area contributed by atoms with Crippen LogP contribution in [-0.4, -0.2) is 17.3 Å². The lowest BCUT2D eigenvalue weighted by Gasteiger charge is -2.23. The molecule has 16 heavy (non-hydrogen) atoms. The van der Waals surface area contributed by atoms with Gasteiger partial charge in [0.05, 0.1) is 0 Å². The van der Waals surface area contributed by atoms with Crippen molar-refractivity contribution in [2.45, 2.75) is 25.7 Å². The van der Waals surface area contributed by atoms with E-state index in [2.05, 4.69) is 0 Å². The fourth-order valence-electron chi connectivity index (χ4n) is 2.15. The van der Waals surface area contributed by atoms with E-state index < -0.39 is 5.92 Å². The van der Waals surface area contributed by atoms with Gasteiger partial charge in [0.25, 0.3) is 0 Å². The van der Waals surface area contributed by atoms with E-state index in [4.69, 9.17) is 0 Å². The molecule has 4 heteroatoms. The molecule has 0 saturated heterocycles. The molecule has 1 heterocycles. The highest BCUT2D eigenvalue weighted by molar-refractivity contribution is 7.10. The van der Waals surface area contributed by atoms with Crippen molar-refractivity contribution in [3.63, 3.8) is 0 Å². The first-order chi connectivity index (χ1) is 7.59. The van der Waals surface area contributed by atoms with Crippen molar-refractivity contribution in [2.24, 2.45) is 5.92 Å². The lowest BCUT2D eigenvalue weighted by Crippen LogP contribution is -2.36. The standard InChI is InChI=1S/C12H12O3S/c1-7(13)12-9(14)5-8(6-10(12)15)11-3-2-4-16-11/h2-4,8,12H,5-6H2,1H3. The van der Waals surface area contributed by atoms with E-state index in [0.29, 0.717) is 12.8 Å². The van der Waals surface area contributed by atoms with Crippen LogP contribution in [0.4, 0.5) is 0 Å². The molecule has 1 saturated carbocycles. The summed E-state index contributed by atoms with van der Waals surface area (Å²) < 4.78 is 0. The lowest BCUT2D eigenvalue weighted by molar-refractivity contribution is -0.141. The summed E-state index contributed by atoms with van der Waals surface area (Å²) >= 11 is 1.55. The van der Waals surface area contributed by atoms with Crippen LogP contribution in [0, 0.1) is 5.92 Å². The topological polar surface area (TPSA) is 51.2 Å². The summed E-state index contributed by atoms with van der Waals surface area (Å²) in [5, 5.41) is 1.93. The number of carbonyl (C=O) groups excluding carboxylic acids is 3. The predicted molar refractivity (Wildman–Crippen MR) is 60.5 cm³/mol. The fourth-order valence-corrected chi connectivity index (χ4v) is 2.98. The number of hydrogen-bond acceptors (Lipinski definition) is 4. The zero-order valence-corrected chi connectivity index (χ0v) is 9.75.